The van der Waals surface area contributed by atoms with Crippen molar-refractivity contribution in [1.82, 2.24) is 9.80 Å². The fourth-order valence-corrected chi connectivity index (χ4v) is 1.53. The summed E-state index contributed by atoms with van der Waals surface area (Å²) in [6, 6.07) is 7.02. The topological polar surface area (TPSA) is 42.0 Å². The first kappa shape index (κ1) is 15.3. The van der Waals surface area contributed by atoms with Crippen molar-refractivity contribution >= 4 is 6.09 Å². The van der Waals surface area contributed by atoms with Crippen LogP contribution in [0.2, 0.25) is 0 Å². The van der Waals surface area contributed by atoms with Crippen LogP contribution in [0.25, 0.3) is 0 Å². The Morgan fingerprint density at radius 3 is 2.47 bits per heavy atom. The van der Waals surface area contributed by atoms with Gasteiger partial charge in [-0.15, -0.1) is 0 Å². The van der Waals surface area contributed by atoms with Gasteiger partial charge in [0.25, 0.3) is 0 Å². The molecule has 0 aromatic heterocycles. The number of methoxy groups -OCH3 is 1. The molecule has 0 atom stereocenters. The lowest BCUT2D eigenvalue weighted by atomic mass is 10.3. The first-order valence-corrected chi connectivity index (χ1v) is 6.32. The molecule has 0 N–H and O–H groups in total. The van der Waals surface area contributed by atoms with E-state index in [0.29, 0.717) is 24.6 Å². The molecule has 0 unspecified atom stereocenters. The minimum Gasteiger partial charge on any atom is -0.497 e. The molecule has 0 spiro atoms. The Bertz CT molecular complexity index is 407. The van der Waals surface area contributed by atoms with Crippen LogP contribution < -0.4 is 9.47 Å². The van der Waals surface area contributed by atoms with Crippen LogP contribution in [0.4, 0.5) is 4.79 Å². The van der Waals surface area contributed by atoms with E-state index in [1.54, 1.807) is 36.3 Å². The Balaban J connectivity index is 2.60. The number of amides is 1. The van der Waals surface area contributed by atoms with E-state index < -0.39 is 0 Å². The molecule has 0 bridgehead atoms. The molecule has 1 aromatic rings. The lowest BCUT2D eigenvalue weighted by Gasteiger charge is -2.22. The van der Waals surface area contributed by atoms with E-state index >= 15 is 0 Å². The maximum absolute atomic E-state index is 12.0. The van der Waals surface area contributed by atoms with E-state index in [4.69, 9.17) is 9.47 Å². The minimum absolute atomic E-state index is 0.336. The van der Waals surface area contributed by atoms with Crippen LogP contribution in [0.3, 0.4) is 0 Å². The van der Waals surface area contributed by atoms with Gasteiger partial charge in [-0.1, -0.05) is 6.07 Å². The van der Waals surface area contributed by atoms with Crippen molar-refractivity contribution in [2.75, 3.05) is 40.8 Å². The Labute approximate surface area is 114 Å². The van der Waals surface area contributed by atoms with Gasteiger partial charge in [0.1, 0.15) is 11.5 Å². The first-order chi connectivity index (χ1) is 9.06. The van der Waals surface area contributed by atoms with Gasteiger partial charge in [0.15, 0.2) is 0 Å². The molecule has 5 heteroatoms. The molecule has 19 heavy (non-hydrogen) atoms. The van der Waals surface area contributed by atoms with E-state index in [1.165, 1.54) is 0 Å². The summed E-state index contributed by atoms with van der Waals surface area (Å²) >= 11 is 0. The number of ether oxygens (including phenoxy) is 2. The van der Waals surface area contributed by atoms with Crippen molar-refractivity contribution in [3.63, 3.8) is 0 Å². The van der Waals surface area contributed by atoms with E-state index in [2.05, 4.69) is 0 Å². The monoisotopic (exact) mass is 266 g/mol. The lowest BCUT2D eigenvalue weighted by Crippen LogP contribution is -2.38. The van der Waals surface area contributed by atoms with Gasteiger partial charge in [0.2, 0.25) is 0 Å². The molecule has 1 aromatic carbocycles. The van der Waals surface area contributed by atoms with E-state index in [-0.39, 0.29) is 6.09 Å². The molecule has 0 aliphatic rings. The number of likely N-dealkylation sites (N-methyl/N-ethyl adjacent to an activating group) is 2. The second-order valence-corrected chi connectivity index (χ2v) is 4.43. The van der Waals surface area contributed by atoms with Gasteiger partial charge in [-0.05, 0) is 33.2 Å². The van der Waals surface area contributed by atoms with Crippen LogP contribution >= 0.6 is 0 Å². The molecule has 0 saturated heterocycles. The van der Waals surface area contributed by atoms with Crippen LogP contribution in [0.1, 0.15) is 6.92 Å². The molecule has 0 saturated carbocycles. The molecule has 0 heterocycles. The summed E-state index contributed by atoms with van der Waals surface area (Å²) in [5.74, 6) is 1.16. The minimum atomic E-state index is -0.336. The summed E-state index contributed by atoms with van der Waals surface area (Å²) in [5.41, 5.74) is 0. The van der Waals surface area contributed by atoms with Crippen molar-refractivity contribution in [3.05, 3.63) is 24.3 Å². The predicted octanol–water partition coefficient (Wildman–Crippen LogP) is 2.08. The standard InChI is InChI=1S/C14H22N2O3/c1-5-16(10-9-15(2)3)14(17)19-13-8-6-7-12(11-13)18-4/h6-8,11H,5,9-10H2,1-4H3. The molecule has 106 valence electrons. The smallest absolute Gasteiger partial charge is 0.415 e. The predicted molar refractivity (Wildman–Crippen MR) is 74.8 cm³/mol. The number of hydrogen-bond donors (Lipinski definition) is 0. The third-order valence-corrected chi connectivity index (χ3v) is 2.70. The lowest BCUT2D eigenvalue weighted by molar-refractivity contribution is 0.150. The van der Waals surface area contributed by atoms with Crippen molar-refractivity contribution in [2.45, 2.75) is 6.92 Å². The first-order valence-electron chi connectivity index (χ1n) is 6.32. The number of hydrogen-bond acceptors (Lipinski definition) is 4. The average Bonchev–Trinajstić information content (AvgIpc) is 2.39. The zero-order valence-electron chi connectivity index (χ0n) is 12.0. The van der Waals surface area contributed by atoms with Gasteiger partial charge in [-0.25, -0.2) is 4.79 Å². The Morgan fingerprint density at radius 2 is 1.89 bits per heavy atom. The van der Waals surface area contributed by atoms with Crippen molar-refractivity contribution in [1.29, 1.82) is 0 Å². The third-order valence-electron chi connectivity index (χ3n) is 2.70. The maximum atomic E-state index is 12.0. The van der Waals surface area contributed by atoms with Crippen LogP contribution in [0.5, 0.6) is 11.5 Å². The highest BCUT2D eigenvalue weighted by molar-refractivity contribution is 5.70. The number of nitrogens with zero attached hydrogens (tertiary/aromatic N) is 2. The maximum Gasteiger partial charge on any atom is 0.415 e. The Kier molecular flexibility index (Phi) is 6.15. The molecule has 0 aliphatic heterocycles. The van der Waals surface area contributed by atoms with E-state index in [9.17, 15) is 4.79 Å². The number of carbonyl (C=O) groups is 1. The summed E-state index contributed by atoms with van der Waals surface area (Å²) in [4.78, 5) is 15.7. The summed E-state index contributed by atoms with van der Waals surface area (Å²) < 4.78 is 10.4. The number of rotatable bonds is 6. The van der Waals surface area contributed by atoms with Crippen LogP contribution in [-0.4, -0.2) is 56.7 Å². The van der Waals surface area contributed by atoms with Gasteiger partial charge in [-0.3, -0.25) is 0 Å². The van der Waals surface area contributed by atoms with Crippen LogP contribution in [-0.2, 0) is 0 Å². The highest BCUT2D eigenvalue weighted by Crippen LogP contribution is 2.19. The fourth-order valence-electron chi connectivity index (χ4n) is 1.53. The molecule has 0 aliphatic carbocycles. The number of benzene rings is 1. The van der Waals surface area contributed by atoms with Crippen molar-refractivity contribution in [3.8, 4) is 11.5 Å². The highest BCUT2D eigenvalue weighted by atomic mass is 16.6. The van der Waals surface area contributed by atoms with Gasteiger partial charge >= 0.3 is 6.09 Å². The molecule has 0 radical (unpaired) electrons. The third kappa shape index (κ3) is 5.18. The van der Waals surface area contributed by atoms with Crippen molar-refractivity contribution in [2.24, 2.45) is 0 Å². The van der Waals surface area contributed by atoms with Gasteiger partial charge < -0.3 is 19.3 Å². The van der Waals surface area contributed by atoms with Crippen LogP contribution in [0, 0.1) is 0 Å². The molecule has 1 amide bonds. The van der Waals surface area contributed by atoms with Gasteiger partial charge in [-0.2, -0.15) is 0 Å². The summed E-state index contributed by atoms with van der Waals surface area (Å²) in [6.07, 6.45) is -0.336. The fraction of sp³-hybridized carbons (Fsp3) is 0.500. The average molecular weight is 266 g/mol. The second-order valence-electron chi connectivity index (χ2n) is 4.43. The Morgan fingerprint density at radius 1 is 1.21 bits per heavy atom. The molecular formula is C14H22N2O3. The zero-order chi connectivity index (χ0) is 14.3. The normalized spacial score (nSPS) is 10.4. The van der Waals surface area contributed by atoms with Crippen molar-refractivity contribution < 1.29 is 14.3 Å². The largest absolute Gasteiger partial charge is 0.497 e. The van der Waals surface area contributed by atoms with E-state index in [0.717, 1.165) is 6.54 Å². The molecule has 0 fully saturated rings. The highest BCUT2D eigenvalue weighted by Gasteiger charge is 2.14. The summed E-state index contributed by atoms with van der Waals surface area (Å²) in [6.45, 7) is 4.01. The number of carbonyl (C=O) groups excluding carboxylic acids is 1. The second kappa shape index (κ2) is 7.63. The van der Waals surface area contributed by atoms with Crippen LogP contribution in [0.15, 0.2) is 24.3 Å². The molecule has 5 nitrogen and oxygen atoms in total. The SMILES string of the molecule is CCN(CCN(C)C)C(=O)Oc1cccc(OC)c1. The van der Waals surface area contributed by atoms with Gasteiger partial charge in [0.05, 0.1) is 7.11 Å². The summed E-state index contributed by atoms with van der Waals surface area (Å²) in [7, 11) is 5.53. The van der Waals surface area contributed by atoms with Gasteiger partial charge in [0, 0.05) is 25.7 Å². The Hall–Kier alpha value is -1.75. The molecule has 1 rings (SSSR count). The van der Waals surface area contributed by atoms with E-state index in [1.807, 2.05) is 25.9 Å². The zero-order valence-corrected chi connectivity index (χ0v) is 12.0. The molecular weight excluding hydrogens is 244 g/mol. The summed E-state index contributed by atoms with van der Waals surface area (Å²) in [5, 5.41) is 0. The quantitative estimate of drug-likeness (QED) is 0.790.